The van der Waals surface area contributed by atoms with Crippen LogP contribution in [-0.2, 0) is 20.9 Å². The van der Waals surface area contributed by atoms with Gasteiger partial charge in [-0.3, -0.25) is 14.4 Å². The van der Waals surface area contributed by atoms with Gasteiger partial charge in [0, 0.05) is 18.2 Å². The summed E-state index contributed by atoms with van der Waals surface area (Å²) in [5.74, 6) is -1.04. The zero-order valence-corrected chi connectivity index (χ0v) is 17.7. The number of fused-ring (bicyclic) bond motifs is 2. The Bertz CT molecular complexity index is 1400. The molecule has 0 fully saturated rings. The maximum absolute atomic E-state index is 13.1. The smallest absolute Gasteiger partial charge is 0.325 e. The van der Waals surface area contributed by atoms with E-state index in [0.29, 0.717) is 21.6 Å². The summed E-state index contributed by atoms with van der Waals surface area (Å²) >= 11 is 1.26. The number of hydrogen-bond acceptors (Lipinski definition) is 5. The largest absolute Gasteiger partial charge is 0.468 e. The Labute approximate surface area is 181 Å². The minimum atomic E-state index is -0.454. The molecule has 0 aliphatic carbocycles. The molecule has 156 valence electrons. The van der Waals surface area contributed by atoms with Crippen molar-refractivity contribution >= 4 is 55.8 Å². The highest BCUT2D eigenvalue weighted by atomic mass is 32.1. The summed E-state index contributed by atoms with van der Waals surface area (Å²) in [5.41, 5.74) is 1.83. The highest BCUT2D eigenvalue weighted by molar-refractivity contribution is 7.16. The molecule has 31 heavy (non-hydrogen) atoms. The van der Waals surface area contributed by atoms with Crippen molar-refractivity contribution < 1.29 is 19.1 Å². The van der Waals surface area contributed by atoms with Crippen LogP contribution in [0.25, 0.3) is 21.0 Å². The molecule has 0 unspecified atom stereocenters. The number of carbonyl (C=O) groups is 3. The number of amides is 2. The van der Waals surface area contributed by atoms with Crippen LogP contribution in [0.2, 0.25) is 0 Å². The summed E-state index contributed by atoms with van der Waals surface area (Å²) in [6.07, 6.45) is 0. The second-order valence-corrected chi connectivity index (χ2v) is 7.86. The number of aromatic nitrogens is 1. The maximum atomic E-state index is 13.1. The molecule has 0 radical (unpaired) electrons. The van der Waals surface area contributed by atoms with Gasteiger partial charge in [-0.15, -0.1) is 0 Å². The number of hydrogen-bond donors (Lipinski definition) is 1. The van der Waals surface area contributed by atoms with Gasteiger partial charge in [0.05, 0.1) is 17.3 Å². The standard InChI is InChI=1S/C23H19N3O4S/c1-14(27)24-16-10-11-19-20(12-16)31-23(26(19)13-21(28)30-2)25-22(29)18-9-5-7-15-6-3-4-8-17(15)18/h3-12H,13H2,1-2H3,(H,24,27). The van der Waals surface area contributed by atoms with Crippen molar-refractivity contribution in [3.63, 3.8) is 0 Å². The van der Waals surface area contributed by atoms with Crippen molar-refractivity contribution in [1.82, 2.24) is 4.57 Å². The molecular formula is C23H19N3O4S. The van der Waals surface area contributed by atoms with Crippen LogP contribution >= 0.6 is 11.3 Å². The Hall–Kier alpha value is -3.78. The highest BCUT2D eigenvalue weighted by Gasteiger charge is 2.14. The number of nitrogens with one attached hydrogen (secondary N) is 1. The number of rotatable bonds is 4. The van der Waals surface area contributed by atoms with Gasteiger partial charge in [0.2, 0.25) is 5.91 Å². The Balaban J connectivity index is 1.86. The Morgan fingerprint density at radius 1 is 1.06 bits per heavy atom. The third-order valence-electron chi connectivity index (χ3n) is 4.74. The Kier molecular flexibility index (Phi) is 5.64. The van der Waals surface area contributed by atoms with Crippen LogP contribution in [0.4, 0.5) is 5.69 Å². The van der Waals surface area contributed by atoms with Gasteiger partial charge in [0.15, 0.2) is 4.80 Å². The van der Waals surface area contributed by atoms with Gasteiger partial charge in [-0.05, 0) is 35.0 Å². The second kappa shape index (κ2) is 8.53. The first kappa shape index (κ1) is 20.5. The average molecular weight is 433 g/mol. The van der Waals surface area contributed by atoms with Crippen LogP contribution in [0.15, 0.2) is 65.7 Å². The number of methoxy groups -OCH3 is 1. The van der Waals surface area contributed by atoms with E-state index in [1.54, 1.807) is 28.8 Å². The molecule has 0 saturated carbocycles. The van der Waals surface area contributed by atoms with E-state index in [0.717, 1.165) is 15.5 Å². The SMILES string of the molecule is COC(=O)Cn1c(=NC(=O)c2cccc3ccccc23)sc2cc(NC(C)=O)ccc21. The minimum absolute atomic E-state index is 0.0857. The third kappa shape index (κ3) is 4.24. The van der Waals surface area contributed by atoms with Crippen LogP contribution in [0, 0.1) is 0 Å². The van der Waals surface area contributed by atoms with Gasteiger partial charge in [-0.1, -0.05) is 47.7 Å². The van der Waals surface area contributed by atoms with E-state index in [1.807, 2.05) is 36.4 Å². The molecule has 3 aromatic carbocycles. The molecule has 0 atom stereocenters. The number of carbonyl (C=O) groups excluding carboxylic acids is 3. The van der Waals surface area contributed by atoms with E-state index in [1.165, 1.54) is 25.4 Å². The van der Waals surface area contributed by atoms with Crippen molar-refractivity contribution in [3.8, 4) is 0 Å². The molecule has 4 rings (SSSR count). The molecule has 2 amide bonds. The van der Waals surface area contributed by atoms with Crippen molar-refractivity contribution in [2.75, 3.05) is 12.4 Å². The number of thiazole rings is 1. The Morgan fingerprint density at radius 2 is 1.84 bits per heavy atom. The number of nitrogens with zero attached hydrogens (tertiary/aromatic N) is 2. The topological polar surface area (TPSA) is 89.8 Å². The van der Waals surface area contributed by atoms with Crippen LogP contribution in [0.3, 0.4) is 0 Å². The molecule has 8 heteroatoms. The van der Waals surface area contributed by atoms with Crippen LogP contribution in [0.5, 0.6) is 0 Å². The molecule has 1 aromatic heterocycles. The number of esters is 1. The van der Waals surface area contributed by atoms with Crippen LogP contribution < -0.4 is 10.1 Å². The molecule has 0 aliphatic rings. The fourth-order valence-electron chi connectivity index (χ4n) is 3.34. The van der Waals surface area contributed by atoms with Gasteiger partial charge in [0.25, 0.3) is 5.91 Å². The number of anilines is 1. The Morgan fingerprint density at radius 3 is 2.61 bits per heavy atom. The molecule has 7 nitrogen and oxygen atoms in total. The number of ether oxygens (including phenoxy) is 1. The lowest BCUT2D eigenvalue weighted by Gasteiger charge is -2.05. The second-order valence-electron chi connectivity index (χ2n) is 6.85. The summed E-state index contributed by atoms with van der Waals surface area (Å²) < 4.78 is 7.24. The van der Waals surface area contributed by atoms with Gasteiger partial charge in [0.1, 0.15) is 6.54 Å². The van der Waals surface area contributed by atoms with E-state index in [2.05, 4.69) is 10.3 Å². The van der Waals surface area contributed by atoms with E-state index >= 15 is 0 Å². The first-order valence-electron chi connectivity index (χ1n) is 9.51. The van der Waals surface area contributed by atoms with Crippen molar-refractivity contribution in [2.24, 2.45) is 4.99 Å². The molecule has 0 bridgehead atoms. The molecular weight excluding hydrogens is 414 g/mol. The van der Waals surface area contributed by atoms with E-state index < -0.39 is 11.9 Å². The molecule has 0 saturated heterocycles. The molecule has 1 heterocycles. The first-order valence-corrected chi connectivity index (χ1v) is 10.3. The zero-order chi connectivity index (χ0) is 22.0. The summed E-state index contributed by atoms with van der Waals surface area (Å²) in [4.78, 5) is 41.2. The summed E-state index contributed by atoms with van der Waals surface area (Å²) in [7, 11) is 1.31. The predicted octanol–water partition coefficient (Wildman–Crippen LogP) is 3.73. The average Bonchev–Trinajstić information content (AvgIpc) is 3.08. The van der Waals surface area contributed by atoms with Crippen LogP contribution in [0.1, 0.15) is 17.3 Å². The quantitative estimate of drug-likeness (QED) is 0.497. The summed E-state index contributed by atoms with van der Waals surface area (Å²) in [5, 5.41) is 4.49. The summed E-state index contributed by atoms with van der Waals surface area (Å²) in [6, 6.07) is 18.4. The van der Waals surface area contributed by atoms with Gasteiger partial charge >= 0.3 is 5.97 Å². The summed E-state index contributed by atoms with van der Waals surface area (Å²) in [6.45, 7) is 1.34. The fourth-order valence-corrected chi connectivity index (χ4v) is 4.41. The van der Waals surface area contributed by atoms with Crippen molar-refractivity contribution in [1.29, 1.82) is 0 Å². The van der Waals surface area contributed by atoms with Gasteiger partial charge < -0.3 is 14.6 Å². The lowest BCUT2D eigenvalue weighted by Crippen LogP contribution is -2.22. The zero-order valence-electron chi connectivity index (χ0n) is 16.9. The highest BCUT2D eigenvalue weighted by Crippen LogP contribution is 2.23. The molecule has 1 N–H and O–H groups in total. The van der Waals surface area contributed by atoms with E-state index in [9.17, 15) is 14.4 Å². The minimum Gasteiger partial charge on any atom is -0.468 e. The predicted molar refractivity (Wildman–Crippen MR) is 120 cm³/mol. The molecule has 0 spiro atoms. The molecule has 4 aromatic rings. The van der Waals surface area contributed by atoms with Gasteiger partial charge in [-0.2, -0.15) is 4.99 Å². The van der Waals surface area contributed by atoms with E-state index in [-0.39, 0.29) is 12.5 Å². The van der Waals surface area contributed by atoms with E-state index in [4.69, 9.17) is 4.74 Å². The lowest BCUT2D eigenvalue weighted by atomic mass is 10.0. The lowest BCUT2D eigenvalue weighted by molar-refractivity contribution is -0.141. The van der Waals surface area contributed by atoms with Crippen molar-refractivity contribution in [3.05, 3.63) is 71.0 Å². The normalized spacial score (nSPS) is 11.6. The van der Waals surface area contributed by atoms with Gasteiger partial charge in [-0.25, -0.2) is 0 Å². The number of benzene rings is 3. The monoisotopic (exact) mass is 433 g/mol. The fraction of sp³-hybridized carbons (Fsp3) is 0.130. The third-order valence-corrected chi connectivity index (χ3v) is 5.78. The van der Waals surface area contributed by atoms with Crippen LogP contribution in [-0.4, -0.2) is 29.5 Å². The maximum Gasteiger partial charge on any atom is 0.325 e. The van der Waals surface area contributed by atoms with Crippen molar-refractivity contribution in [2.45, 2.75) is 13.5 Å². The first-order chi connectivity index (χ1) is 15.0. The molecule has 0 aliphatic heterocycles.